The predicted octanol–water partition coefficient (Wildman–Crippen LogP) is 4.56. The van der Waals surface area contributed by atoms with E-state index in [0.717, 1.165) is 16.8 Å². The van der Waals surface area contributed by atoms with Crippen LogP contribution < -0.4 is 0 Å². The summed E-state index contributed by atoms with van der Waals surface area (Å²) in [6.45, 7) is 3.73. The molecule has 8 heteroatoms. The molecule has 0 fully saturated rings. The number of hydrogen-bond donors (Lipinski definition) is 0. The van der Waals surface area contributed by atoms with Crippen molar-refractivity contribution in [1.82, 2.24) is 15.2 Å². The molecule has 0 aliphatic heterocycles. The topological polar surface area (TPSA) is 51.8 Å². The Balaban J connectivity index is 1.68. The lowest BCUT2D eigenvalue weighted by atomic mass is 10.1. The highest BCUT2D eigenvalue weighted by Gasteiger charge is 2.17. The zero-order chi connectivity index (χ0) is 16.4. The van der Waals surface area contributed by atoms with E-state index in [1.165, 1.54) is 23.9 Å². The van der Waals surface area contributed by atoms with E-state index >= 15 is 0 Å². The molecular weight excluding hydrogens is 340 g/mol. The van der Waals surface area contributed by atoms with E-state index in [-0.39, 0.29) is 5.25 Å². The lowest BCUT2D eigenvalue weighted by Crippen LogP contribution is -1.94. The Morgan fingerprint density at radius 3 is 2.83 bits per heavy atom. The lowest BCUT2D eigenvalue weighted by Gasteiger charge is -2.09. The van der Waals surface area contributed by atoms with Gasteiger partial charge < -0.3 is 4.42 Å². The van der Waals surface area contributed by atoms with Crippen molar-refractivity contribution >= 4 is 23.1 Å². The number of aromatic nitrogens is 3. The van der Waals surface area contributed by atoms with Crippen LogP contribution in [0.25, 0.3) is 0 Å². The molecule has 2 aromatic heterocycles. The largest absolute Gasteiger partial charge is 0.416 e. The third-order valence-electron chi connectivity index (χ3n) is 3.13. The Morgan fingerprint density at radius 1 is 1.30 bits per heavy atom. The van der Waals surface area contributed by atoms with E-state index < -0.39 is 11.6 Å². The van der Waals surface area contributed by atoms with Crippen molar-refractivity contribution in [3.63, 3.8) is 0 Å². The maximum absolute atomic E-state index is 13.8. The molecule has 0 aliphatic rings. The molecule has 0 aliphatic carbocycles. The van der Waals surface area contributed by atoms with Gasteiger partial charge in [0.2, 0.25) is 5.89 Å². The van der Waals surface area contributed by atoms with E-state index in [4.69, 9.17) is 4.42 Å². The Hall–Kier alpha value is -1.80. The van der Waals surface area contributed by atoms with Gasteiger partial charge in [-0.15, -0.1) is 21.5 Å². The number of nitrogens with zero attached hydrogens (tertiary/aromatic N) is 3. The van der Waals surface area contributed by atoms with Gasteiger partial charge in [0.1, 0.15) is 11.6 Å². The van der Waals surface area contributed by atoms with Gasteiger partial charge in [0.25, 0.3) is 5.22 Å². The molecule has 120 valence electrons. The van der Waals surface area contributed by atoms with Crippen LogP contribution in [-0.2, 0) is 6.42 Å². The normalized spacial score (nSPS) is 12.5. The van der Waals surface area contributed by atoms with Crippen molar-refractivity contribution in [3.8, 4) is 0 Å². The van der Waals surface area contributed by atoms with E-state index in [2.05, 4.69) is 15.2 Å². The van der Waals surface area contributed by atoms with Crippen LogP contribution in [0.5, 0.6) is 0 Å². The Labute approximate surface area is 140 Å². The minimum absolute atomic E-state index is 0.273. The van der Waals surface area contributed by atoms with Gasteiger partial charge in [-0.25, -0.2) is 13.8 Å². The number of aryl methyl sites for hydroxylation is 1. The summed E-state index contributed by atoms with van der Waals surface area (Å²) in [5.41, 5.74) is 1.27. The summed E-state index contributed by atoms with van der Waals surface area (Å²) in [4.78, 5) is 4.34. The maximum atomic E-state index is 13.8. The molecule has 3 rings (SSSR count). The summed E-state index contributed by atoms with van der Waals surface area (Å²) in [5.74, 6) is -0.714. The van der Waals surface area contributed by atoms with Crippen LogP contribution >= 0.6 is 23.1 Å². The first-order valence-corrected chi connectivity index (χ1v) is 8.62. The van der Waals surface area contributed by atoms with Gasteiger partial charge in [0.15, 0.2) is 0 Å². The molecule has 1 unspecified atom stereocenters. The van der Waals surface area contributed by atoms with Gasteiger partial charge in [-0.2, -0.15) is 0 Å². The standard InChI is InChI=1S/C15H13F2N3OS2/c1-8(12-4-3-10(16)5-13(12)17)23-15-20-19-14(21-15)6-11-7-22-9(2)18-11/h3-5,7-8H,6H2,1-2H3. The van der Waals surface area contributed by atoms with E-state index in [0.29, 0.717) is 23.1 Å². The van der Waals surface area contributed by atoms with Crippen molar-refractivity contribution in [2.75, 3.05) is 0 Å². The molecule has 0 amide bonds. The maximum Gasteiger partial charge on any atom is 0.277 e. The van der Waals surface area contributed by atoms with Crippen molar-refractivity contribution < 1.29 is 13.2 Å². The molecule has 2 heterocycles. The van der Waals surface area contributed by atoms with Crippen LogP contribution in [0.2, 0.25) is 0 Å². The van der Waals surface area contributed by atoms with Gasteiger partial charge in [-0.05, 0) is 19.9 Å². The Bertz CT molecular complexity index is 819. The number of rotatable bonds is 5. The van der Waals surface area contributed by atoms with Gasteiger partial charge in [-0.1, -0.05) is 17.8 Å². The van der Waals surface area contributed by atoms with Crippen LogP contribution in [0.3, 0.4) is 0 Å². The van der Waals surface area contributed by atoms with Gasteiger partial charge in [-0.3, -0.25) is 0 Å². The molecule has 0 bridgehead atoms. The predicted molar refractivity (Wildman–Crippen MR) is 84.6 cm³/mol. The van der Waals surface area contributed by atoms with Crippen LogP contribution in [0.4, 0.5) is 8.78 Å². The average molecular weight is 353 g/mol. The van der Waals surface area contributed by atoms with Gasteiger partial charge in [0, 0.05) is 22.3 Å². The first-order valence-electron chi connectivity index (χ1n) is 6.86. The van der Waals surface area contributed by atoms with E-state index in [9.17, 15) is 8.78 Å². The zero-order valence-corrected chi connectivity index (χ0v) is 14.0. The van der Waals surface area contributed by atoms with Crippen LogP contribution in [0.15, 0.2) is 33.2 Å². The summed E-state index contributed by atoms with van der Waals surface area (Å²) >= 11 is 2.80. The van der Waals surface area contributed by atoms with Crippen molar-refractivity contribution in [2.24, 2.45) is 0 Å². The highest BCUT2D eigenvalue weighted by molar-refractivity contribution is 7.99. The molecule has 0 saturated carbocycles. The van der Waals surface area contributed by atoms with Crippen LogP contribution in [-0.4, -0.2) is 15.2 Å². The Morgan fingerprint density at radius 2 is 2.13 bits per heavy atom. The summed E-state index contributed by atoms with van der Waals surface area (Å²) < 4.78 is 32.3. The smallest absolute Gasteiger partial charge is 0.277 e. The number of halogens is 2. The Kier molecular flexibility index (Phi) is 4.72. The van der Waals surface area contributed by atoms with Crippen LogP contribution in [0.1, 0.15) is 34.3 Å². The quantitative estimate of drug-likeness (QED) is 0.630. The van der Waals surface area contributed by atoms with E-state index in [1.54, 1.807) is 18.3 Å². The summed E-state index contributed by atoms with van der Waals surface area (Å²) in [6, 6.07) is 3.53. The SMILES string of the molecule is Cc1nc(Cc2nnc(SC(C)c3ccc(F)cc3F)o2)cs1. The molecule has 1 atom stereocenters. The highest BCUT2D eigenvalue weighted by atomic mass is 32.2. The fourth-order valence-corrected chi connectivity index (χ4v) is 3.51. The monoisotopic (exact) mass is 353 g/mol. The van der Waals surface area contributed by atoms with Crippen molar-refractivity contribution in [1.29, 1.82) is 0 Å². The number of thiazole rings is 1. The summed E-state index contributed by atoms with van der Waals surface area (Å²) in [5, 5.41) is 10.9. The molecular formula is C15H13F2N3OS2. The first kappa shape index (κ1) is 16.1. The molecule has 0 N–H and O–H groups in total. The molecule has 0 saturated heterocycles. The van der Waals surface area contributed by atoms with Gasteiger partial charge >= 0.3 is 0 Å². The van der Waals surface area contributed by atoms with Crippen LogP contribution in [0, 0.1) is 18.6 Å². The highest BCUT2D eigenvalue weighted by Crippen LogP contribution is 2.35. The van der Waals surface area contributed by atoms with Crippen molar-refractivity contribution in [3.05, 3.63) is 57.4 Å². The fourth-order valence-electron chi connectivity index (χ4n) is 2.05. The first-order chi connectivity index (χ1) is 11.0. The second kappa shape index (κ2) is 6.76. The lowest BCUT2D eigenvalue weighted by molar-refractivity contribution is 0.418. The minimum Gasteiger partial charge on any atom is -0.416 e. The van der Waals surface area contributed by atoms with Crippen molar-refractivity contribution in [2.45, 2.75) is 30.7 Å². The second-order valence-electron chi connectivity index (χ2n) is 4.92. The van der Waals surface area contributed by atoms with E-state index in [1.807, 2.05) is 12.3 Å². The molecule has 0 spiro atoms. The number of hydrogen-bond acceptors (Lipinski definition) is 6. The molecule has 0 radical (unpaired) electrons. The zero-order valence-electron chi connectivity index (χ0n) is 12.4. The number of thioether (sulfide) groups is 1. The molecule has 4 nitrogen and oxygen atoms in total. The average Bonchev–Trinajstić information content (AvgIpc) is 3.08. The molecule has 1 aromatic carbocycles. The minimum atomic E-state index is -0.595. The third kappa shape index (κ3) is 3.94. The molecule has 3 aromatic rings. The van der Waals surface area contributed by atoms with Gasteiger partial charge in [0.05, 0.1) is 17.1 Å². The fraction of sp³-hybridized carbons (Fsp3) is 0.267. The second-order valence-corrected chi connectivity index (χ2v) is 7.28. The molecule has 23 heavy (non-hydrogen) atoms. The third-order valence-corrected chi connectivity index (χ3v) is 4.92. The summed E-state index contributed by atoms with van der Waals surface area (Å²) in [6.07, 6.45) is 0.469. The summed E-state index contributed by atoms with van der Waals surface area (Å²) in [7, 11) is 0. The number of benzene rings is 1.